The van der Waals surface area contributed by atoms with Crippen LogP contribution >= 0.6 is 0 Å². The molecule has 1 fully saturated rings. The predicted molar refractivity (Wildman–Crippen MR) is 139 cm³/mol. The van der Waals surface area contributed by atoms with E-state index in [0.29, 0.717) is 24.0 Å². The molecule has 0 atom stereocenters. The van der Waals surface area contributed by atoms with Crippen molar-refractivity contribution in [3.63, 3.8) is 0 Å². The van der Waals surface area contributed by atoms with E-state index in [0.717, 1.165) is 65.4 Å². The molecule has 184 valence electrons. The van der Waals surface area contributed by atoms with Gasteiger partial charge in [0.1, 0.15) is 17.2 Å². The number of likely N-dealkylation sites (tertiary alicyclic amines) is 1. The van der Waals surface area contributed by atoms with E-state index in [2.05, 4.69) is 16.0 Å². The van der Waals surface area contributed by atoms with E-state index >= 15 is 0 Å². The lowest BCUT2D eigenvalue weighted by atomic mass is 9.88. The number of nitrogens with zero attached hydrogens (tertiary/aromatic N) is 4. The molecule has 1 aliphatic rings. The summed E-state index contributed by atoms with van der Waals surface area (Å²) in [6.07, 6.45) is 7.40. The molecule has 4 aromatic rings. The number of aromatic nitrogens is 3. The Hall–Kier alpha value is -3.97. The number of pyridine rings is 1. The normalized spacial score (nSPS) is 14.5. The van der Waals surface area contributed by atoms with Crippen LogP contribution in [0.4, 0.5) is 0 Å². The summed E-state index contributed by atoms with van der Waals surface area (Å²) in [5.41, 5.74) is 4.99. The number of piperidine rings is 1. The first kappa shape index (κ1) is 23.8. The molecule has 0 radical (unpaired) electrons. The first-order chi connectivity index (χ1) is 17.6. The van der Waals surface area contributed by atoms with Crippen molar-refractivity contribution in [1.29, 1.82) is 0 Å². The summed E-state index contributed by atoms with van der Waals surface area (Å²) < 4.78 is 10.8. The number of phenolic OH excluding ortho intramolecular Hbond substituents is 1. The second-order valence-electron chi connectivity index (χ2n) is 9.01. The quantitative estimate of drug-likeness (QED) is 0.382. The maximum atomic E-state index is 10.3. The Morgan fingerprint density at radius 2 is 1.67 bits per heavy atom. The molecule has 0 aliphatic carbocycles. The molecule has 0 saturated carbocycles. The van der Waals surface area contributed by atoms with Gasteiger partial charge in [-0.25, -0.2) is 9.97 Å². The zero-order valence-electron chi connectivity index (χ0n) is 20.6. The van der Waals surface area contributed by atoms with Gasteiger partial charge < -0.3 is 14.6 Å². The lowest BCUT2D eigenvalue weighted by molar-refractivity contribution is 0.201. The minimum atomic E-state index is 0.296. The smallest absolute Gasteiger partial charge is 0.159 e. The first-order valence-corrected chi connectivity index (χ1v) is 12.1. The monoisotopic (exact) mass is 482 g/mol. The molecule has 1 aliphatic heterocycles. The fourth-order valence-corrected chi connectivity index (χ4v) is 4.78. The van der Waals surface area contributed by atoms with Crippen LogP contribution in [0.25, 0.3) is 22.5 Å². The van der Waals surface area contributed by atoms with Crippen LogP contribution in [0, 0.1) is 0 Å². The fraction of sp³-hybridized carbons (Fsp3) is 0.276. The maximum Gasteiger partial charge on any atom is 0.159 e. The van der Waals surface area contributed by atoms with E-state index in [4.69, 9.17) is 19.4 Å². The molecule has 2 aromatic heterocycles. The van der Waals surface area contributed by atoms with E-state index in [-0.39, 0.29) is 0 Å². The summed E-state index contributed by atoms with van der Waals surface area (Å²) in [6, 6.07) is 17.3. The van der Waals surface area contributed by atoms with E-state index in [1.807, 2.05) is 42.6 Å². The van der Waals surface area contributed by atoms with Gasteiger partial charge in [-0.15, -0.1) is 0 Å². The Morgan fingerprint density at radius 1 is 0.917 bits per heavy atom. The van der Waals surface area contributed by atoms with Gasteiger partial charge in [-0.05, 0) is 74.0 Å². The molecule has 2 aromatic carbocycles. The molecule has 0 bridgehead atoms. The third-order valence-electron chi connectivity index (χ3n) is 6.79. The van der Waals surface area contributed by atoms with E-state index in [1.165, 1.54) is 0 Å². The van der Waals surface area contributed by atoms with Gasteiger partial charge in [0.15, 0.2) is 5.82 Å². The molecule has 7 heteroatoms. The van der Waals surface area contributed by atoms with Crippen molar-refractivity contribution in [2.75, 3.05) is 27.3 Å². The van der Waals surface area contributed by atoms with Crippen LogP contribution in [0.5, 0.6) is 17.2 Å². The zero-order valence-corrected chi connectivity index (χ0v) is 20.6. The molecule has 0 unspecified atom stereocenters. The van der Waals surface area contributed by atoms with Crippen LogP contribution in [0.1, 0.15) is 30.0 Å². The Labute approximate surface area is 211 Å². The van der Waals surface area contributed by atoms with Crippen molar-refractivity contribution in [2.45, 2.75) is 25.3 Å². The van der Waals surface area contributed by atoms with Crippen molar-refractivity contribution in [3.05, 3.63) is 84.4 Å². The lowest BCUT2D eigenvalue weighted by Crippen LogP contribution is -2.33. The second kappa shape index (κ2) is 10.7. The third-order valence-corrected chi connectivity index (χ3v) is 6.79. The maximum absolute atomic E-state index is 10.3. The van der Waals surface area contributed by atoms with Crippen LogP contribution in [0.15, 0.2) is 73.2 Å². The van der Waals surface area contributed by atoms with E-state index < -0.39 is 0 Å². The Kier molecular flexibility index (Phi) is 7.09. The molecular formula is C29H30N4O3. The van der Waals surface area contributed by atoms with Crippen molar-refractivity contribution < 1.29 is 14.6 Å². The minimum Gasteiger partial charge on any atom is -0.508 e. The molecule has 5 rings (SSSR count). The van der Waals surface area contributed by atoms with Gasteiger partial charge in [-0.1, -0.05) is 12.1 Å². The van der Waals surface area contributed by atoms with Crippen molar-refractivity contribution in [2.24, 2.45) is 0 Å². The van der Waals surface area contributed by atoms with Gasteiger partial charge in [0, 0.05) is 47.7 Å². The zero-order chi connectivity index (χ0) is 24.9. The number of benzene rings is 2. The van der Waals surface area contributed by atoms with Gasteiger partial charge >= 0.3 is 0 Å². The van der Waals surface area contributed by atoms with Gasteiger partial charge in [0.05, 0.1) is 19.9 Å². The Balaban J connectivity index is 1.41. The number of ether oxygens (including phenoxy) is 2. The molecule has 3 heterocycles. The summed E-state index contributed by atoms with van der Waals surface area (Å²) in [6.45, 7) is 2.51. The van der Waals surface area contributed by atoms with Gasteiger partial charge in [0.25, 0.3) is 0 Å². The average Bonchev–Trinajstić information content (AvgIpc) is 2.95. The van der Waals surface area contributed by atoms with Crippen molar-refractivity contribution in [1.82, 2.24) is 19.9 Å². The number of hydrogen-bond acceptors (Lipinski definition) is 7. The fourth-order valence-electron chi connectivity index (χ4n) is 4.78. The van der Waals surface area contributed by atoms with E-state index in [1.54, 1.807) is 38.7 Å². The summed E-state index contributed by atoms with van der Waals surface area (Å²) in [7, 11) is 3.32. The molecule has 1 N–H and O–H groups in total. The highest BCUT2D eigenvalue weighted by molar-refractivity contribution is 5.69. The molecular weight excluding hydrogens is 452 g/mol. The highest BCUT2D eigenvalue weighted by atomic mass is 16.5. The minimum absolute atomic E-state index is 0.296. The first-order valence-electron chi connectivity index (χ1n) is 12.1. The molecule has 7 nitrogen and oxygen atoms in total. The molecule has 0 amide bonds. The second-order valence-corrected chi connectivity index (χ2v) is 9.01. The van der Waals surface area contributed by atoms with Crippen LogP contribution < -0.4 is 9.47 Å². The number of hydrogen-bond donors (Lipinski definition) is 1. The molecule has 0 spiro atoms. The van der Waals surface area contributed by atoms with Crippen LogP contribution in [-0.4, -0.2) is 52.3 Å². The van der Waals surface area contributed by atoms with Crippen LogP contribution in [0.2, 0.25) is 0 Å². The summed E-state index contributed by atoms with van der Waals surface area (Å²) in [5.74, 6) is 2.87. The largest absolute Gasteiger partial charge is 0.508 e. The van der Waals surface area contributed by atoms with Crippen LogP contribution in [0.3, 0.4) is 0 Å². The third kappa shape index (κ3) is 5.16. The van der Waals surface area contributed by atoms with Gasteiger partial charge in [-0.2, -0.15) is 0 Å². The standard InChI is InChI=1S/C29H30N4O3/c1-35-24-5-3-4-22(16-24)26-18-31-29(21-8-12-30-13-9-21)32-28(26)20-10-14-33(15-11-20)19-23-17-25(36-2)6-7-27(23)34/h3-9,12-13,16-18,20,34H,10-11,14-15,19H2,1-2H3. The Bertz CT molecular complexity index is 1320. The number of aromatic hydroxyl groups is 1. The number of methoxy groups -OCH3 is 2. The van der Waals surface area contributed by atoms with Crippen molar-refractivity contribution in [3.8, 4) is 39.8 Å². The number of rotatable bonds is 7. The topological polar surface area (TPSA) is 80.6 Å². The van der Waals surface area contributed by atoms with Crippen LogP contribution in [-0.2, 0) is 6.54 Å². The highest BCUT2D eigenvalue weighted by Gasteiger charge is 2.26. The Morgan fingerprint density at radius 3 is 2.42 bits per heavy atom. The molecule has 36 heavy (non-hydrogen) atoms. The van der Waals surface area contributed by atoms with Gasteiger partial charge in [-0.3, -0.25) is 9.88 Å². The van der Waals surface area contributed by atoms with Crippen molar-refractivity contribution >= 4 is 0 Å². The average molecular weight is 483 g/mol. The summed E-state index contributed by atoms with van der Waals surface area (Å²) in [5, 5.41) is 10.3. The van der Waals surface area contributed by atoms with E-state index in [9.17, 15) is 5.11 Å². The SMILES string of the molecule is COc1cccc(-c2cnc(-c3ccncc3)nc2C2CCN(Cc3cc(OC)ccc3O)CC2)c1. The lowest BCUT2D eigenvalue weighted by Gasteiger charge is -2.32. The van der Waals surface area contributed by atoms with Gasteiger partial charge in [0.2, 0.25) is 0 Å². The molecule has 1 saturated heterocycles. The highest BCUT2D eigenvalue weighted by Crippen LogP contribution is 2.36. The number of phenols is 1. The summed E-state index contributed by atoms with van der Waals surface area (Å²) in [4.78, 5) is 16.3. The predicted octanol–water partition coefficient (Wildman–Crippen LogP) is 5.31. The summed E-state index contributed by atoms with van der Waals surface area (Å²) >= 11 is 0.